The molecule has 1 aromatic rings. The number of nitrogens with one attached hydrogen (secondary N) is 1. The third-order valence-electron chi connectivity index (χ3n) is 5.23. The minimum absolute atomic E-state index is 0.106. The number of carbonyl (C=O) groups excluding carboxylic acids is 3. The maximum absolute atomic E-state index is 12.9. The van der Waals surface area contributed by atoms with Crippen LogP contribution in [0.1, 0.15) is 32.3 Å². The largest absolute Gasteiger partial charge is 0.341 e. The predicted octanol–water partition coefficient (Wildman–Crippen LogP) is 1.62. The molecular formula is C18H22N4O5. The van der Waals surface area contributed by atoms with E-state index in [0.29, 0.717) is 24.6 Å². The number of piperidine rings is 1. The van der Waals surface area contributed by atoms with Gasteiger partial charge in [0.25, 0.3) is 11.6 Å². The Morgan fingerprint density at radius 1 is 1.33 bits per heavy atom. The number of likely N-dealkylation sites (tertiary alicyclic amines) is 1. The molecule has 9 nitrogen and oxygen atoms in total. The second-order valence-corrected chi connectivity index (χ2v) is 7.34. The zero-order chi connectivity index (χ0) is 19.8. The molecular weight excluding hydrogens is 352 g/mol. The van der Waals surface area contributed by atoms with Crippen molar-refractivity contribution in [3.8, 4) is 0 Å². The van der Waals surface area contributed by atoms with Gasteiger partial charge in [-0.05, 0) is 43.4 Å². The van der Waals surface area contributed by atoms with E-state index in [4.69, 9.17) is 0 Å². The van der Waals surface area contributed by atoms with Crippen molar-refractivity contribution >= 4 is 23.5 Å². The Labute approximate surface area is 156 Å². The number of hydrogen-bond acceptors (Lipinski definition) is 5. The highest BCUT2D eigenvalue weighted by atomic mass is 16.6. The van der Waals surface area contributed by atoms with Crippen molar-refractivity contribution in [2.75, 3.05) is 19.6 Å². The molecule has 3 rings (SSSR count). The summed E-state index contributed by atoms with van der Waals surface area (Å²) in [5, 5.41) is 13.4. The van der Waals surface area contributed by atoms with E-state index in [1.807, 2.05) is 0 Å². The highest BCUT2D eigenvalue weighted by Crippen LogP contribution is 2.30. The third kappa shape index (κ3) is 3.49. The Bertz CT molecular complexity index is 793. The molecule has 9 heteroatoms. The van der Waals surface area contributed by atoms with Crippen LogP contribution in [0, 0.1) is 16.0 Å². The first-order valence-corrected chi connectivity index (χ1v) is 8.89. The number of rotatable bonds is 4. The average Bonchev–Trinajstić information content (AvgIpc) is 2.86. The number of nitro benzene ring substituents is 1. The van der Waals surface area contributed by atoms with E-state index in [1.54, 1.807) is 4.90 Å². The van der Waals surface area contributed by atoms with Crippen LogP contribution >= 0.6 is 0 Å². The molecule has 2 aliphatic heterocycles. The Morgan fingerprint density at radius 2 is 2.00 bits per heavy atom. The van der Waals surface area contributed by atoms with Crippen LogP contribution < -0.4 is 5.32 Å². The van der Waals surface area contributed by atoms with Crippen molar-refractivity contribution < 1.29 is 19.3 Å². The second-order valence-electron chi connectivity index (χ2n) is 7.34. The molecule has 4 amide bonds. The number of amides is 4. The van der Waals surface area contributed by atoms with E-state index in [2.05, 4.69) is 12.2 Å². The van der Waals surface area contributed by atoms with E-state index in [9.17, 15) is 24.5 Å². The molecule has 0 aliphatic carbocycles. The summed E-state index contributed by atoms with van der Waals surface area (Å²) in [6.45, 7) is 4.55. The van der Waals surface area contributed by atoms with Crippen LogP contribution in [0.15, 0.2) is 24.3 Å². The lowest BCUT2D eigenvalue weighted by molar-refractivity contribution is -0.384. The topological polar surface area (TPSA) is 113 Å². The third-order valence-corrected chi connectivity index (χ3v) is 5.23. The summed E-state index contributed by atoms with van der Waals surface area (Å²) in [4.78, 5) is 50.6. The number of nitro groups is 1. The fourth-order valence-corrected chi connectivity index (χ4v) is 3.60. The van der Waals surface area contributed by atoms with Gasteiger partial charge >= 0.3 is 6.03 Å². The van der Waals surface area contributed by atoms with Crippen LogP contribution in [0.3, 0.4) is 0 Å². The lowest BCUT2D eigenvalue weighted by atomic mass is 9.92. The lowest BCUT2D eigenvalue weighted by Gasteiger charge is -2.31. The van der Waals surface area contributed by atoms with Gasteiger partial charge in [0.2, 0.25) is 5.91 Å². The predicted molar refractivity (Wildman–Crippen MR) is 95.7 cm³/mol. The Kier molecular flexibility index (Phi) is 4.86. The van der Waals surface area contributed by atoms with Crippen molar-refractivity contribution in [2.24, 2.45) is 5.92 Å². The summed E-state index contributed by atoms with van der Waals surface area (Å²) in [6.07, 6.45) is 1.97. The van der Waals surface area contributed by atoms with Gasteiger partial charge in [-0.2, -0.15) is 0 Å². The number of imide groups is 1. The van der Waals surface area contributed by atoms with Crippen molar-refractivity contribution in [1.82, 2.24) is 15.1 Å². The minimum Gasteiger partial charge on any atom is -0.341 e. The number of nitrogens with zero attached hydrogens (tertiary/aromatic N) is 3. The fourth-order valence-electron chi connectivity index (χ4n) is 3.60. The molecule has 2 fully saturated rings. The molecule has 2 atom stereocenters. The summed E-state index contributed by atoms with van der Waals surface area (Å²) in [5.41, 5.74) is -1.04. The van der Waals surface area contributed by atoms with Gasteiger partial charge < -0.3 is 10.2 Å². The van der Waals surface area contributed by atoms with Gasteiger partial charge in [-0.1, -0.05) is 6.92 Å². The standard InChI is InChI=1S/C18H22N4O5/c1-12-4-3-9-20(10-12)15(23)11-21-16(24)18(2,19-17(21)25)13-5-7-14(8-6-13)22(26)27/h5-8,12H,3-4,9-11H2,1-2H3,(H,19,25)/t12-,18-/m1/s1. The van der Waals surface area contributed by atoms with Crippen molar-refractivity contribution in [3.63, 3.8) is 0 Å². The van der Waals surface area contributed by atoms with Crippen LogP contribution in [0.2, 0.25) is 0 Å². The number of urea groups is 1. The van der Waals surface area contributed by atoms with E-state index < -0.39 is 22.4 Å². The number of benzene rings is 1. The van der Waals surface area contributed by atoms with Crippen molar-refractivity contribution in [2.45, 2.75) is 32.2 Å². The Hall–Kier alpha value is -2.97. The SMILES string of the molecule is C[C@@H]1CCCN(C(=O)CN2C(=O)N[C@](C)(c3ccc([N+](=O)[O-])cc3)C2=O)C1. The zero-order valence-corrected chi connectivity index (χ0v) is 15.3. The maximum atomic E-state index is 12.9. The lowest BCUT2D eigenvalue weighted by Crippen LogP contribution is -2.47. The van der Waals surface area contributed by atoms with Gasteiger partial charge in [0, 0.05) is 25.2 Å². The first kappa shape index (κ1) is 18.8. The molecule has 2 heterocycles. The summed E-state index contributed by atoms with van der Waals surface area (Å²) < 4.78 is 0. The monoisotopic (exact) mass is 374 g/mol. The van der Waals surface area contributed by atoms with Gasteiger partial charge in [0.1, 0.15) is 12.1 Å². The fraction of sp³-hybridized carbons (Fsp3) is 0.500. The molecule has 2 saturated heterocycles. The molecule has 0 bridgehead atoms. The number of carbonyl (C=O) groups is 3. The van der Waals surface area contributed by atoms with Crippen LogP contribution in [0.5, 0.6) is 0 Å². The van der Waals surface area contributed by atoms with Gasteiger partial charge in [0.15, 0.2) is 0 Å². The average molecular weight is 374 g/mol. The molecule has 0 saturated carbocycles. The van der Waals surface area contributed by atoms with E-state index >= 15 is 0 Å². The first-order valence-electron chi connectivity index (χ1n) is 8.89. The second kappa shape index (κ2) is 6.98. The summed E-state index contributed by atoms with van der Waals surface area (Å²) >= 11 is 0. The molecule has 2 aliphatic rings. The molecule has 0 aromatic heterocycles. The molecule has 1 aromatic carbocycles. The highest BCUT2D eigenvalue weighted by molar-refractivity contribution is 6.09. The quantitative estimate of drug-likeness (QED) is 0.489. The van der Waals surface area contributed by atoms with Crippen LogP contribution in [0.4, 0.5) is 10.5 Å². The minimum atomic E-state index is -1.36. The van der Waals surface area contributed by atoms with Crippen LogP contribution in [-0.2, 0) is 15.1 Å². The van der Waals surface area contributed by atoms with Crippen LogP contribution in [-0.4, -0.2) is 52.2 Å². The van der Waals surface area contributed by atoms with Crippen molar-refractivity contribution in [1.29, 1.82) is 0 Å². The molecule has 0 spiro atoms. The molecule has 144 valence electrons. The van der Waals surface area contributed by atoms with E-state index in [0.717, 1.165) is 17.7 Å². The number of non-ortho nitro benzene ring substituents is 1. The van der Waals surface area contributed by atoms with E-state index in [1.165, 1.54) is 31.2 Å². The van der Waals surface area contributed by atoms with Gasteiger partial charge in [-0.25, -0.2) is 4.79 Å². The normalized spacial score (nSPS) is 25.5. The Morgan fingerprint density at radius 3 is 2.59 bits per heavy atom. The molecule has 0 radical (unpaired) electrons. The summed E-state index contributed by atoms with van der Waals surface area (Å²) in [6, 6.07) is 4.80. The van der Waals surface area contributed by atoms with Gasteiger partial charge in [0.05, 0.1) is 4.92 Å². The number of hydrogen-bond donors (Lipinski definition) is 1. The maximum Gasteiger partial charge on any atom is 0.325 e. The molecule has 0 unspecified atom stereocenters. The summed E-state index contributed by atoms with van der Waals surface area (Å²) in [7, 11) is 0. The molecule has 1 N–H and O–H groups in total. The summed E-state index contributed by atoms with van der Waals surface area (Å²) in [5.74, 6) is -0.394. The van der Waals surface area contributed by atoms with E-state index in [-0.39, 0.29) is 18.1 Å². The molecule has 27 heavy (non-hydrogen) atoms. The first-order chi connectivity index (χ1) is 12.7. The highest BCUT2D eigenvalue weighted by Gasteiger charge is 2.49. The zero-order valence-electron chi connectivity index (χ0n) is 15.3. The Balaban J connectivity index is 1.75. The van der Waals surface area contributed by atoms with Gasteiger partial charge in [-0.3, -0.25) is 24.6 Å². The smallest absolute Gasteiger partial charge is 0.325 e. The van der Waals surface area contributed by atoms with Crippen LogP contribution in [0.25, 0.3) is 0 Å². The van der Waals surface area contributed by atoms with Gasteiger partial charge in [-0.15, -0.1) is 0 Å². The van der Waals surface area contributed by atoms with Crippen molar-refractivity contribution in [3.05, 3.63) is 39.9 Å².